The first-order valence-electron chi connectivity index (χ1n) is 6.61. The van der Waals surface area contributed by atoms with Crippen molar-refractivity contribution in [2.24, 2.45) is 5.92 Å². The van der Waals surface area contributed by atoms with Crippen LogP contribution in [0.2, 0.25) is 0 Å². The molecule has 1 heterocycles. The molecule has 1 aliphatic heterocycles. The normalized spacial score (nSPS) is 20.0. The second kappa shape index (κ2) is 6.81. The van der Waals surface area contributed by atoms with Crippen LogP contribution in [-0.2, 0) is 6.54 Å². The SMILES string of the molecule is Fc1ccc(CNCCC2CCCNC2)cc1F. The summed E-state index contributed by atoms with van der Waals surface area (Å²) in [5, 5.41) is 6.67. The average Bonchev–Trinajstić information content (AvgIpc) is 2.40. The summed E-state index contributed by atoms with van der Waals surface area (Å²) in [5.41, 5.74) is 0.788. The Morgan fingerprint density at radius 1 is 1.28 bits per heavy atom. The van der Waals surface area contributed by atoms with Gasteiger partial charge in [0.05, 0.1) is 0 Å². The molecular weight excluding hydrogens is 234 g/mol. The molecule has 0 amide bonds. The Kier molecular flexibility index (Phi) is 5.08. The van der Waals surface area contributed by atoms with E-state index in [-0.39, 0.29) is 0 Å². The molecule has 1 aromatic rings. The van der Waals surface area contributed by atoms with Crippen molar-refractivity contribution in [1.82, 2.24) is 10.6 Å². The van der Waals surface area contributed by atoms with E-state index < -0.39 is 11.6 Å². The standard InChI is InChI=1S/C14H20F2N2/c15-13-4-3-12(8-14(13)16)10-18-7-5-11-2-1-6-17-9-11/h3-4,8,11,17-18H,1-2,5-7,9-10H2. The molecule has 2 N–H and O–H groups in total. The maximum absolute atomic E-state index is 13.0. The minimum absolute atomic E-state index is 0.595. The number of halogens is 2. The van der Waals surface area contributed by atoms with Crippen molar-refractivity contribution >= 4 is 0 Å². The van der Waals surface area contributed by atoms with Crippen molar-refractivity contribution < 1.29 is 8.78 Å². The van der Waals surface area contributed by atoms with E-state index in [0.29, 0.717) is 6.54 Å². The van der Waals surface area contributed by atoms with Crippen molar-refractivity contribution in [3.63, 3.8) is 0 Å². The molecule has 2 nitrogen and oxygen atoms in total. The van der Waals surface area contributed by atoms with Crippen LogP contribution >= 0.6 is 0 Å². The van der Waals surface area contributed by atoms with E-state index in [9.17, 15) is 8.78 Å². The van der Waals surface area contributed by atoms with Gasteiger partial charge in [0.15, 0.2) is 11.6 Å². The van der Waals surface area contributed by atoms with E-state index in [0.717, 1.165) is 37.5 Å². The lowest BCUT2D eigenvalue weighted by molar-refractivity contribution is 0.352. The van der Waals surface area contributed by atoms with E-state index in [4.69, 9.17) is 0 Å². The van der Waals surface area contributed by atoms with Crippen LogP contribution in [0.3, 0.4) is 0 Å². The average molecular weight is 254 g/mol. The number of hydrogen-bond donors (Lipinski definition) is 2. The lowest BCUT2D eigenvalue weighted by Gasteiger charge is -2.22. The number of hydrogen-bond acceptors (Lipinski definition) is 2. The Bertz CT molecular complexity index is 376. The molecule has 2 rings (SSSR count). The molecule has 100 valence electrons. The van der Waals surface area contributed by atoms with Crippen molar-refractivity contribution in [3.05, 3.63) is 35.4 Å². The van der Waals surface area contributed by atoms with Crippen molar-refractivity contribution in [3.8, 4) is 0 Å². The Morgan fingerprint density at radius 2 is 2.17 bits per heavy atom. The number of nitrogens with one attached hydrogen (secondary N) is 2. The van der Waals surface area contributed by atoms with Gasteiger partial charge >= 0.3 is 0 Å². The zero-order valence-corrected chi connectivity index (χ0v) is 10.5. The molecule has 0 bridgehead atoms. The van der Waals surface area contributed by atoms with Crippen LogP contribution in [0.5, 0.6) is 0 Å². The van der Waals surface area contributed by atoms with Crippen LogP contribution in [0.4, 0.5) is 8.78 Å². The molecule has 0 saturated carbocycles. The largest absolute Gasteiger partial charge is 0.316 e. The minimum atomic E-state index is -0.785. The zero-order chi connectivity index (χ0) is 12.8. The summed E-state index contributed by atoms with van der Waals surface area (Å²) in [6, 6.07) is 4.05. The molecule has 1 saturated heterocycles. The van der Waals surface area contributed by atoms with Crippen LogP contribution in [-0.4, -0.2) is 19.6 Å². The van der Waals surface area contributed by atoms with Gasteiger partial charge in [0.2, 0.25) is 0 Å². The molecule has 18 heavy (non-hydrogen) atoms. The fourth-order valence-corrected chi connectivity index (χ4v) is 2.36. The van der Waals surface area contributed by atoms with E-state index in [1.54, 1.807) is 6.07 Å². The van der Waals surface area contributed by atoms with Gasteiger partial charge in [-0.05, 0) is 62.5 Å². The topological polar surface area (TPSA) is 24.1 Å². The Labute approximate surface area is 107 Å². The quantitative estimate of drug-likeness (QED) is 0.789. The van der Waals surface area contributed by atoms with Crippen LogP contribution in [0.1, 0.15) is 24.8 Å². The first-order valence-corrected chi connectivity index (χ1v) is 6.61. The van der Waals surface area contributed by atoms with Gasteiger partial charge in [-0.3, -0.25) is 0 Å². The van der Waals surface area contributed by atoms with Gasteiger partial charge in [-0.25, -0.2) is 8.78 Å². The highest BCUT2D eigenvalue weighted by molar-refractivity contribution is 5.17. The van der Waals surface area contributed by atoms with E-state index in [1.165, 1.54) is 25.0 Å². The van der Waals surface area contributed by atoms with Crippen LogP contribution in [0, 0.1) is 17.6 Å². The lowest BCUT2D eigenvalue weighted by Crippen LogP contribution is -2.31. The summed E-state index contributed by atoms with van der Waals surface area (Å²) in [7, 11) is 0. The van der Waals surface area contributed by atoms with E-state index in [1.807, 2.05) is 0 Å². The fourth-order valence-electron chi connectivity index (χ4n) is 2.36. The molecule has 1 fully saturated rings. The zero-order valence-electron chi connectivity index (χ0n) is 10.5. The molecule has 4 heteroatoms. The molecule has 1 atom stereocenters. The number of piperidine rings is 1. The first kappa shape index (κ1) is 13.4. The van der Waals surface area contributed by atoms with Gasteiger partial charge in [0, 0.05) is 6.54 Å². The lowest BCUT2D eigenvalue weighted by atomic mass is 9.96. The summed E-state index contributed by atoms with van der Waals surface area (Å²) in [4.78, 5) is 0. The van der Waals surface area contributed by atoms with Crippen molar-refractivity contribution in [2.45, 2.75) is 25.8 Å². The summed E-state index contributed by atoms with van der Waals surface area (Å²) >= 11 is 0. The van der Waals surface area contributed by atoms with E-state index in [2.05, 4.69) is 10.6 Å². The summed E-state index contributed by atoms with van der Waals surface area (Å²) in [6.07, 6.45) is 3.68. The first-order chi connectivity index (χ1) is 8.75. The molecule has 0 aromatic heterocycles. The maximum atomic E-state index is 13.0. The Balaban J connectivity index is 1.66. The third kappa shape index (κ3) is 4.03. The van der Waals surface area contributed by atoms with Crippen molar-refractivity contribution in [2.75, 3.05) is 19.6 Å². The highest BCUT2D eigenvalue weighted by Gasteiger charge is 2.11. The minimum Gasteiger partial charge on any atom is -0.316 e. The third-order valence-electron chi connectivity index (χ3n) is 3.44. The molecule has 0 aliphatic carbocycles. The van der Waals surface area contributed by atoms with Gasteiger partial charge in [0.1, 0.15) is 0 Å². The van der Waals surface area contributed by atoms with Gasteiger partial charge in [-0.2, -0.15) is 0 Å². The highest BCUT2D eigenvalue weighted by atomic mass is 19.2. The predicted octanol–water partition coefficient (Wildman–Crippen LogP) is 2.44. The Hall–Kier alpha value is -1.00. The van der Waals surface area contributed by atoms with Crippen LogP contribution < -0.4 is 10.6 Å². The second-order valence-electron chi connectivity index (χ2n) is 4.93. The summed E-state index contributed by atoms with van der Waals surface area (Å²) < 4.78 is 25.7. The van der Waals surface area contributed by atoms with Crippen LogP contribution in [0.25, 0.3) is 0 Å². The predicted molar refractivity (Wildman–Crippen MR) is 68.3 cm³/mol. The number of benzene rings is 1. The van der Waals surface area contributed by atoms with Gasteiger partial charge in [-0.1, -0.05) is 6.07 Å². The maximum Gasteiger partial charge on any atom is 0.159 e. The fraction of sp³-hybridized carbons (Fsp3) is 0.571. The summed E-state index contributed by atoms with van der Waals surface area (Å²) in [6.45, 7) is 3.76. The highest BCUT2D eigenvalue weighted by Crippen LogP contribution is 2.13. The third-order valence-corrected chi connectivity index (χ3v) is 3.44. The molecule has 0 radical (unpaired) electrons. The van der Waals surface area contributed by atoms with Crippen molar-refractivity contribution in [1.29, 1.82) is 0 Å². The second-order valence-corrected chi connectivity index (χ2v) is 4.93. The molecule has 0 spiro atoms. The van der Waals surface area contributed by atoms with E-state index >= 15 is 0 Å². The summed E-state index contributed by atoms with van der Waals surface area (Å²) in [5.74, 6) is -0.811. The van der Waals surface area contributed by atoms with Gasteiger partial charge in [-0.15, -0.1) is 0 Å². The van der Waals surface area contributed by atoms with Gasteiger partial charge in [0.25, 0.3) is 0 Å². The molecular formula is C14H20F2N2. The monoisotopic (exact) mass is 254 g/mol. The van der Waals surface area contributed by atoms with Crippen LogP contribution in [0.15, 0.2) is 18.2 Å². The molecule has 1 aliphatic rings. The number of rotatable bonds is 5. The molecule has 1 aromatic carbocycles. The Morgan fingerprint density at radius 3 is 2.89 bits per heavy atom. The smallest absolute Gasteiger partial charge is 0.159 e. The molecule has 1 unspecified atom stereocenters. The van der Waals surface area contributed by atoms with Gasteiger partial charge < -0.3 is 10.6 Å².